The summed E-state index contributed by atoms with van der Waals surface area (Å²) in [6.07, 6.45) is 1.51. The smallest absolute Gasteiger partial charge is 0.233 e. The lowest BCUT2D eigenvalue weighted by Crippen LogP contribution is -1.92. The van der Waals surface area contributed by atoms with E-state index in [9.17, 15) is 0 Å². The summed E-state index contributed by atoms with van der Waals surface area (Å²) in [4.78, 5) is 4.10. The van der Waals surface area contributed by atoms with Crippen LogP contribution in [0, 0.1) is 0 Å². The Kier molecular flexibility index (Phi) is 4.50. The van der Waals surface area contributed by atoms with Crippen LogP contribution in [0.1, 0.15) is 0 Å². The van der Waals surface area contributed by atoms with Crippen molar-refractivity contribution >= 4 is 27.5 Å². The molecule has 2 aromatic rings. The Morgan fingerprint density at radius 1 is 1.00 bits per heavy atom. The predicted octanol–water partition coefficient (Wildman–Crippen LogP) is 4.31. The molecule has 0 saturated carbocycles. The highest BCUT2D eigenvalue weighted by molar-refractivity contribution is 9.10. The highest BCUT2D eigenvalue weighted by Gasteiger charge is 2.08. The standard InChI is InChI=1S/C13H11BrClNO3/c1-17-9-4-10(18-2)6-11(5-9)19-13-12(14)3-8(15)7-16-13/h3-7H,1-2H3. The first kappa shape index (κ1) is 14.0. The van der Waals surface area contributed by atoms with Crippen LogP contribution in [0.3, 0.4) is 0 Å². The van der Waals surface area contributed by atoms with Gasteiger partial charge in [0, 0.05) is 24.4 Å². The fraction of sp³-hybridized carbons (Fsp3) is 0.154. The molecule has 0 bridgehead atoms. The second-order valence-corrected chi connectivity index (χ2v) is 4.88. The van der Waals surface area contributed by atoms with Gasteiger partial charge in [-0.3, -0.25) is 0 Å². The highest BCUT2D eigenvalue weighted by atomic mass is 79.9. The molecule has 0 aliphatic rings. The van der Waals surface area contributed by atoms with Crippen molar-refractivity contribution in [3.8, 4) is 23.1 Å². The molecule has 0 atom stereocenters. The Bertz CT molecular complexity index is 570. The number of hydrogen-bond acceptors (Lipinski definition) is 4. The average Bonchev–Trinajstić information content (AvgIpc) is 2.41. The lowest BCUT2D eigenvalue weighted by atomic mass is 10.3. The van der Waals surface area contributed by atoms with Crippen molar-refractivity contribution in [3.63, 3.8) is 0 Å². The van der Waals surface area contributed by atoms with Gasteiger partial charge < -0.3 is 14.2 Å². The zero-order valence-corrected chi connectivity index (χ0v) is 12.7. The normalized spacial score (nSPS) is 10.1. The zero-order valence-electron chi connectivity index (χ0n) is 10.3. The minimum Gasteiger partial charge on any atom is -0.496 e. The second kappa shape index (κ2) is 6.12. The van der Waals surface area contributed by atoms with Crippen molar-refractivity contribution in [2.24, 2.45) is 0 Å². The monoisotopic (exact) mass is 343 g/mol. The summed E-state index contributed by atoms with van der Waals surface area (Å²) in [5, 5.41) is 0.530. The van der Waals surface area contributed by atoms with Gasteiger partial charge in [0.25, 0.3) is 0 Å². The van der Waals surface area contributed by atoms with E-state index in [1.807, 2.05) is 0 Å². The molecule has 0 aliphatic heterocycles. The molecule has 0 aliphatic carbocycles. The summed E-state index contributed by atoms with van der Waals surface area (Å²) in [6.45, 7) is 0. The summed E-state index contributed by atoms with van der Waals surface area (Å²) >= 11 is 9.17. The molecule has 6 heteroatoms. The van der Waals surface area contributed by atoms with Crippen LogP contribution in [0.25, 0.3) is 0 Å². The van der Waals surface area contributed by atoms with Crippen molar-refractivity contribution in [2.75, 3.05) is 14.2 Å². The molecule has 1 heterocycles. The maximum Gasteiger partial charge on any atom is 0.233 e. The van der Waals surface area contributed by atoms with E-state index >= 15 is 0 Å². The van der Waals surface area contributed by atoms with Crippen LogP contribution in [0.5, 0.6) is 23.1 Å². The maximum absolute atomic E-state index is 5.83. The van der Waals surface area contributed by atoms with Crippen molar-refractivity contribution in [3.05, 3.63) is 40.0 Å². The minimum atomic E-state index is 0.416. The highest BCUT2D eigenvalue weighted by Crippen LogP contribution is 2.33. The molecular weight excluding hydrogens is 334 g/mol. The van der Waals surface area contributed by atoms with Crippen molar-refractivity contribution in [1.82, 2.24) is 4.98 Å². The van der Waals surface area contributed by atoms with Gasteiger partial charge >= 0.3 is 0 Å². The van der Waals surface area contributed by atoms with Crippen LogP contribution in [0.2, 0.25) is 5.02 Å². The molecule has 1 aromatic carbocycles. The Morgan fingerprint density at radius 3 is 2.11 bits per heavy atom. The maximum atomic E-state index is 5.83. The van der Waals surface area contributed by atoms with Crippen LogP contribution in [-0.4, -0.2) is 19.2 Å². The topological polar surface area (TPSA) is 40.6 Å². The lowest BCUT2D eigenvalue weighted by molar-refractivity contribution is 0.384. The van der Waals surface area contributed by atoms with E-state index in [1.54, 1.807) is 38.5 Å². The molecule has 100 valence electrons. The summed E-state index contributed by atoms with van der Waals surface area (Å²) in [5.41, 5.74) is 0. The third-order valence-corrected chi connectivity index (χ3v) is 3.09. The van der Waals surface area contributed by atoms with E-state index in [0.717, 1.165) is 0 Å². The minimum absolute atomic E-state index is 0.416. The van der Waals surface area contributed by atoms with Gasteiger partial charge in [0.15, 0.2) is 0 Å². The third kappa shape index (κ3) is 3.52. The van der Waals surface area contributed by atoms with Crippen molar-refractivity contribution < 1.29 is 14.2 Å². The summed E-state index contributed by atoms with van der Waals surface area (Å²) in [5.74, 6) is 2.25. The van der Waals surface area contributed by atoms with Gasteiger partial charge in [-0.15, -0.1) is 0 Å². The van der Waals surface area contributed by atoms with Gasteiger partial charge in [0.05, 0.1) is 23.7 Å². The number of hydrogen-bond donors (Lipinski definition) is 0. The number of methoxy groups -OCH3 is 2. The van der Waals surface area contributed by atoms with E-state index in [-0.39, 0.29) is 0 Å². The molecule has 2 rings (SSSR count). The van der Waals surface area contributed by atoms with E-state index in [1.165, 1.54) is 6.20 Å². The lowest BCUT2D eigenvalue weighted by Gasteiger charge is -2.10. The Hall–Kier alpha value is -1.46. The molecule has 4 nitrogen and oxygen atoms in total. The first-order chi connectivity index (χ1) is 9.12. The van der Waals surface area contributed by atoms with Crippen LogP contribution < -0.4 is 14.2 Å². The van der Waals surface area contributed by atoms with E-state index < -0.39 is 0 Å². The fourth-order valence-electron chi connectivity index (χ4n) is 1.43. The number of halogens is 2. The Labute approximate surface area is 124 Å². The van der Waals surface area contributed by atoms with Crippen LogP contribution >= 0.6 is 27.5 Å². The molecule has 0 radical (unpaired) electrons. The molecule has 1 aromatic heterocycles. The molecule has 0 spiro atoms. The van der Waals surface area contributed by atoms with E-state index in [4.69, 9.17) is 25.8 Å². The van der Waals surface area contributed by atoms with Gasteiger partial charge in [0.1, 0.15) is 17.2 Å². The van der Waals surface area contributed by atoms with Gasteiger partial charge in [-0.2, -0.15) is 0 Å². The molecule has 0 unspecified atom stereocenters. The van der Waals surface area contributed by atoms with Gasteiger partial charge in [-0.05, 0) is 22.0 Å². The summed E-state index contributed by atoms with van der Waals surface area (Å²) in [7, 11) is 3.16. The number of rotatable bonds is 4. The molecule has 0 N–H and O–H groups in total. The largest absolute Gasteiger partial charge is 0.496 e. The van der Waals surface area contributed by atoms with Crippen LogP contribution in [0.4, 0.5) is 0 Å². The van der Waals surface area contributed by atoms with Gasteiger partial charge in [-0.1, -0.05) is 11.6 Å². The molecule has 19 heavy (non-hydrogen) atoms. The number of pyridine rings is 1. The number of benzene rings is 1. The van der Waals surface area contributed by atoms with Gasteiger partial charge in [0.2, 0.25) is 5.88 Å². The predicted molar refractivity (Wildman–Crippen MR) is 76.6 cm³/mol. The first-order valence-electron chi connectivity index (χ1n) is 5.34. The molecule has 0 saturated heterocycles. The van der Waals surface area contributed by atoms with Crippen molar-refractivity contribution in [2.45, 2.75) is 0 Å². The number of nitrogens with zero attached hydrogens (tertiary/aromatic N) is 1. The van der Waals surface area contributed by atoms with Crippen LogP contribution in [-0.2, 0) is 0 Å². The molecular formula is C13H11BrClNO3. The summed E-state index contributed by atoms with van der Waals surface area (Å²) < 4.78 is 16.7. The fourth-order valence-corrected chi connectivity index (χ4v) is 2.15. The number of aromatic nitrogens is 1. The third-order valence-electron chi connectivity index (χ3n) is 2.31. The van der Waals surface area contributed by atoms with Crippen molar-refractivity contribution in [1.29, 1.82) is 0 Å². The second-order valence-electron chi connectivity index (χ2n) is 3.59. The zero-order chi connectivity index (χ0) is 13.8. The molecule has 0 amide bonds. The molecule has 0 fully saturated rings. The Morgan fingerprint density at radius 2 is 1.58 bits per heavy atom. The average molecular weight is 345 g/mol. The van der Waals surface area contributed by atoms with Crippen LogP contribution in [0.15, 0.2) is 34.9 Å². The Balaban J connectivity index is 2.31. The van der Waals surface area contributed by atoms with E-state index in [0.29, 0.717) is 32.6 Å². The SMILES string of the molecule is COc1cc(OC)cc(Oc2ncc(Cl)cc2Br)c1. The summed E-state index contributed by atoms with van der Waals surface area (Å²) in [6, 6.07) is 6.95. The first-order valence-corrected chi connectivity index (χ1v) is 6.51. The number of ether oxygens (including phenoxy) is 3. The van der Waals surface area contributed by atoms with Gasteiger partial charge in [-0.25, -0.2) is 4.98 Å². The van der Waals surface area contributed by atoms with E-state index in [2.05, 4.69) is 20.9 Å². The quantitative estimate of drug-likeness (QED) is 0.829.